The van der Waals surface area contributed by atoms with Crippen LogP contribution in [0.15, 0.2) is 54.6 Å². The van der Waals surface area contributed by atoms with Gasteiger partial charge in [-0.1, -0.05) is 55.8 Å². The maximum Gasteiger partial charge on any atom is 0.0803 e. The lowest BCUT2D eigenvalue weighted by molar-refractivity contribution is -0.925. The predicted molar refractivity (Wildman–Crippen MR) is 122 cm³/mol. The van der Waals surface area contributed by atoms with Gasteiger partial charge in [-0.05, 0) is 56.4 Å². The van der Waals surface area contributed by atoms with Gasteiger partial charge in [-0.2, -0.15) is 0 Å². The molecule has 3 rings (SSSR count). The lowest BCUT2D eigenvalue weighted by Gasteiger charge is -2.38. The summed E-state index contributed by atoms with van der Waals surface area (Å²) in [6, 6.07) is 20.7. The molecule has 0 N–H and O–H groups in total. The van der Waals surface area contributed by atoms with Gasteiger partial charge in [-0.25, -0.2) is 0 Å². The molecule has 0 radical (unpaired) electrons. The third kappa shape index (κ3) is 4.97. The molecule has 1 aliphatic carbocycles. The molecule has 0 saturated heterocycles. The predicted octanol–water partition coefficient (Wildman–Crippen LogP) is 5.71. The number of anilines is 1. The van der Waals surface area contributed by atoms with Crippen LogP contribution >= 0.6 is 0 Å². The standard InChI is InChI=1S/C26H39N2/c1-4-7-19-28(5-2,6-3)20-13-18-27(25-16-9-8-10-17-25)26-21-23-14-11-12-15-24(23)22-26/h8-12,14-17,26H,4-7,13,18-22H2,1-3H3/q+1. The van der Waals surface area contributed by atoms with Crippen molar-refractivity contribution in [3.63, 3.8) is 0 Å². The molecule has 0 aromatic heterocycles. The summed E-state index contributed by atoms with van der Waals surface area (Å²) in [5, 5.41) is 0. The molecule has 28 heavy (non-hydrogen) atoms. The second-order valence-corrected chi connectivity index (χ2v) is 8.49. The molecule has 2 heteroatoms. The van der Waals surface area contributed by atoms with Crippen LogP contribution in [0.3, 0.4) is 0 Å². The second-order valence-electron chi connectivity index (χ2n) is 8.49. The zero-order chi connectivity index (χ0) is 19.8. The smallest absolute Gasteiger partial charge is 0.0803 e. The molecule has 2 aromatic carbocycles. The first-order valence-electron chi connectivity index (χ1n) is 11.4. The maximum absolute atomic E-state index is 2.69. The Morgan fingerprint density at radius 2 is 1.36 bits per heavy atom. The Morgan fingerprint density at radius 3 is 1.93 bits per heavy atom. The van der Waals surface area contributed by atoms with E-state index in [0.29, 0.717) is 6.04 Å². The zero-order valence-electron chi connectivity index (χ0n) is 18.2. The van der Waals surface area contributed by atoms with Crippen LogP contribution in [0.4, 0.5) is 5.69 Å². The summed E-state index contributed by atoms with van der Waals surface area (Å²) < 4.78 is 1.28. The van der Waals surface area contributed by atoms with Crippen LogP contribution in [0.25, 0.3) is 0 Å². The SMILES string of the molecule is CCCC[N+](CC)(CC)CCCN(c1ccccc1)C1Cc2ccccc2C1. The van der Waals surface area contributed by atoms with Crippen molar-refractivity contribution in [1.29, 1.82) is 0 Å². The molecular formula is C26H39N2+. The van der Waals surface area contributed by atoms with Crippen LogP contribution in [0.2, 0.25) is 0 Å². The second kappa shape index (κ2) is 10.1. The van der Waals surface area contributed by atoms with Crippen LogP contribution in [0, 0.1) is 0 Å². The van der Waals surface area contributed by atoms with Gasteiger partial charge in [0.15, 0.2) is 0 Å². The number of benzene rings is 2. The van der Waals surface area contributed by atoms with E-state index in [2.05, 4.69) is 80.3 Å². The number of quaternary nitrogens is 1. The molecule has 0 spiro atoms. The number of nitrogens with zero attached hydrogens (tertiary/aromatic N) is 2. The van der Waals surface area contributed by atoms with E-state index in [0.717, 1.165) is 6.54 Å². The van der Waals surface area contributed by atoms with Crippen LogP contribution in [-0.4, -0.2) is 43.2 Å². The van der Waals surface area contributed by atoms with Crippen LogP contribution in [0.1, 0.15) is 51.2 Å². The van der Waals surface area contributed by atoms with Gasteiger partial charge in [0.05, 0.1) is 26.2 Å². The third-order valence-corrected chi connectivity index (χ3v) is 6.92. The quantitative estimate of drug-likeness (QED) is 0.452. The lowest BCUT2D eigenvalue weighted by atomic mass is 10.1. The van der Waals surface area contributed by atoms with E-state index in [9.17, 15) is 0 Å². The highest BCUT2D eigenvalue weighted by Crippen LogP contribution is 2.29. The summed E-state index contributed by atoms with van der Waals surface area (Å²) in [6.45, 7) is 13.4. The van der Waals surface area contributed by atoms with E-state index in [1.54, 1.807) is 11.1 Å². The Labute approximate surface area is 172 Å². The molecule has 0 unspecified atom stereocenters. The first kappa shape index (κ1) is 20.9. The highest BCUT2D eigenvalue weighted by atomic mass is 15.3. The van der Waals surface area contributed by atoms with Gasteiger partial charge < -0.3 is 9.38 Å². The summed E-state index contributed by atoms with van der Waals surface area (Å²) in [5.74, 6) is 0. The molecule has 0 amide bonds. The fourth-order valence-electron chi connectivity index (χ4n) is 4.94. The fraction of sp³-hybridized carbons (Fsp3) is 0.538. The zero-order valence-corrected chi connectivity index (χ0v) is 18.2. The minimum Gasteiger partial charge on any atom is -0.368 e. The number of fused-ring (bicyclic) bond motifs is 1. The van der Waals surface area contributed by atoms with E-state index in [1.165, 1.54) is 68.5 Å². The van der Waals surface area contributed by atoms with Crippen LogP contribution in [0.5, 0.6) is 0 Å². The Kier molecular flexibility index (Phi) is 7.56. The maximum atomic E-state index is 2.69. The summed E-state index contributed by atoms with van der Waals surface area (Å²) in [4.78, 5) is 2.69. The van der Waals surface area contributed by atoms with E-state index >= 15 is 0 Å². The van der Waals surface area contributed by atoms with Crippen molar-refractivity contribution in [2.75, 3.05) is 37.6 Å². The van der Waals surface area contributed by atoms with Gasteiger partial charge in [-0.15, -0.1) is 0 Å². The number of unbranched alkanes of at least 4 members (excludes halogenated alkanes) is 1. The van der Waals surface area contributed by atoms with Crippen molar-refractivity contribution in [3.8, 4) is 0 Å². The van der Waals surface area contributed by atoms with E-state index in [4.69, 9.17) is 0 Å². The summed E-state index contributed by atoms with van der Waals surface area (Å²) >= 11 is 0. The van der Waals surface area contributed by atoms with Gasteiger partial charge in [0, 0.05) is 24.7 Å². The molecule has 0 bridgehead atoms. The lowest BCUT2D eigenvalue weighted by Crippen LogP contribution is -2.50. The van der Waals surface area contributed by atoms with Crippen molar-refractivity contribution in [2.24, 2.45) is 0 Å². The van der Waals surface area contributed by atoms with Crippen LogP contribution in [-0.2, 0) is 12.8 Å². The average Bonchev–Trinajstić information content (AvgIpc) is 3.18. The monoisotopic (exact) mass is 379 g/mol. The number of rotatable bonds is 11. The van der Waals surface area contributed by atoms with Gasteiger partial charge in [0.2, 0.25) is 0 Å². The Hall–Kier alpha value is -1.80. The normalized spacial score (nSPS) is 14.2. The van der Waals surface area contributed by atoms with E-state index in [1.807, 2.05) is 0 Å². The topological polar surface area (TPSA) is 3.24 Å². The van der Waals surface area contributed by atoms with E-state index < -0.39 is 0 Å². The van der Waals surface area contributed by atoms with Crippen molar-refractivity contribution in [3.05, 3.63) is 65.7 Å². The van der Waals surface area contributed by atoms with Gasteiger partial charge >= 0.3 is 0 Å². The number of hydrogen-bond acceptors (Lipinski definition) is 1. The van der Waals surface area contributed by atoms with Crippen molar-refractivity contribution < 1.29 is 4.48 Å². The van der Waals surface area contributed by atoms with Crippen molar-refractivity contribution >= 4 is 5.69 Å². The Morgan fingerprint density at radius 1 is 0.786 bits per heavy atom. The Bertz CT molecular complexity index is 680. The van der Waals surface area contributed by atoms with Crippen molar-refractivity contribution in [1.82, 2.24) is 0 Å². The number of hydrogen-bond donors (Lipinski definition) is 0. The molecule has 1 aliphatic rings. The molecule has 0 heterocycles. The fourth-order valence-corrected chi connectivity index (χ4v) is 4.94. The average molecular weight is 380 g/mol. The minimum absolute atomic E-state index is 0.598. The number of para-hydroxylation sites is 1. The summed E-state index contributed by atoms with van der Waals surface area (Å²) in [7, 11) is 0. The molecule has 0 aliphatic heterocycles. The first-order chi connectivity index (χ1) is 13.7. The van der Waals surface area contributed by atoms with Crippen molar-refractivity contribution in [2.45, 2.75) is 58.9 Å². The summed E-state index contributed by atoms with van der Waals surface area (Å²) in [6.07, 6.45) is 6.29. The molecule has 152 valence electrons. The molecule has 0 atom stereocenters. The van der Waals surface area contributed by atoms with Gasteiger partial charge in [0.1, 0.15) is 0 Å². The molecule has 2 aromatic rings. The molecule has 0 saturated carbocycles. The molecular weight excluding hydrogens is 340 g/mol. The Balaban J connectivity index is 1.69. The van der Waals surface area contributed by atoms with E-state index in [-0.39, 0.29) is 0 Å². The van der Waals surface area contributed by atoms with Crippen LogP contribution < -0.4 is 4.90 Å². The first-order valence-corrected chi connectivity index (χ1v) is 11.4. The molecule has 0 fully saturated rings. The van der Waals surface area contributed by atoms with Gasteiger partial charge in [0.25, 0.3) is 0 Å². The largest absolute Gasteiger partial charge is 0.368 e. The highest BCUT2D eigenvalue weighted by molar-refractivity contribution is 5.49. The highest BCUT2D eigenvalue weighted by Gasteiger charge is 2.28. The third-order valence-electron chi connectivity index (χ3n) is 6.92. The minimum atomic E-state index is 0.598. The summed E-state index contributed by atoms with van der Waals surface area (Å²) in [5.41, 5.74) is 4.48. The molecule has 2 nitrogen and oxygen atoms in total. The van der Waals surface area contributed by atoms with Gasteiger partial charge in [-0.3, -0.25) is 0 Å².